The molecule has 0 bridgehead atoms. The summed E-state index contributed by atoms with van der Waals surface area (Å²) in [5.74, 6) is 0.110. The fourth-order valence-electron chi connectivity index (χ4n) is 0.964. The molecule has 0 aromatic rings. The van der Waals surface area contributed by atoms with Crippen molar-refractivity contribution in [3.63, 3.8) is 0 Å². The van der Waals surface area contributed by atoms with Crippen molar-refractivity contribution in [1.29, 1.82) is 0 Å². The first kappa shape index (κ1) is 14.7. The summed E-state index contributed by atoms with van der Waals surface area (Å²) in [6.45, 7) is 0.308. The molecule has 0 aromatic heterocycles. The lowest BCUT2D eigenvalue weighted by molar-refractivity contribution is -0.109. The van der Waals surface area contributed by atoms with E-state index in [0.29, 0.717) is 0 Å². The normalized spacial score (nSPS) is 17.1. The number of thioether (sulfide) groups is 1. The first-order valence-corrected chi connectivity index (χ1v) is 5.59. The van der Waals surface area contributed by atoms with Crippen molar-refractivity contribution in [2.24, 2.45) is 0 Å². The molecule has 0 N–H and O–H groups in total. The van der Waals surface area contributed by atoms with E-state index in [0.717, 1.165) is 11.8 Å². The van der Waals surface area contributed by atoms with Crippen LogP contribution in [-0.4, -0.2) is 36.1 Å². The van der Waals surface area contributed by atoms with Crippen LogP contribution in [-0.2, 0) is 4.79 Å². The van der Waals surface area contributed by atoms with Crippen LogP contribution < -0.4 is 0 Å². The highest BCUT2D eigenvalue weighted by atomic mass is 32.2. The van der Waals surface area contributed by atoms with Crippen LogP contribution in [0.1, 0.15) is 19.8 Å². The van der Waals surface area contributed by atoms with E-state index in [-0.39, 0.29) is 17.3 Å². The van der Waals surface area contributed by atoms with Gasteiger partial charge in [-0.2, -0.15) is 0 Å². The van der Waals surface area contributed by atoms with Gasteiger partial charge in [-0.05, 0) is 6.42 Å². The van der Waals surface area contributed by atoms with Crippen molar-refractivity contribution >= 4 is 16.9 Å². The van der Waals surface area contributed by atoms with E-state index in [1.807, 2.05) is 0 Å². The highest BCUT2D eigenvalue weighted by Crippen LogP contribution is 2.19. The molecule has 0 radical (unpaired) electrons. The molecule has 1 nitrogen and oxygen atoms in total. The molecule has 0 spiro atoms. The molecule has 3 atom stereocenters. The molecule has 0 aromatic carbocycles. The van der Waals surface area contributed by atoms with E-state index in [4.69, 9.17) is 0 Å². The summed E-state index contributed by atoms with van der Waals surface area (Å²) in [4.78, 5) is 10.5. The minimum absolute atomic E-state index is 0.110. The summed E-state index contributed by atoms with van der Waals surface area (Å²) in [6, 6.07) is 0. The van der Waals surface area contributed by atoms with Gasteiger partial charge in [0.2, 0.25) is 0 Å². The zero-order valence-electron chi connectivity index (χ0n) is 8.39. The van der Waals surface area contributed by atoms with E-state index in [2.05, 4.69) is 0 Å². The summed E-state index contributed by atoms with van der Waals surface area (Å²) in [7, 11) is 0. The Morgan fingerprint density at radius 3 is 2.20 bits per heavy atom. The smallest absolute Gasteiger partial charge is 0.185 e. The minimum atomic E-state index is -2.30. The van der Waals surface area contributed by atoms with Gasteiger partial charge in [0.05, 0.1) is 6.67 Å². The van der Waals surface area contributed by atoms with E-state index in [1.165, 1.54) is 6.92 Å². The summed E-state index contributed by atoms with van der Waals surface area (Å²) in [5, 5.41) is -0.196. The molecule has 15 heavy (non-hydrogen) atoms. The average molecular weight is 246 g/mol. The van der Waals surface area contributed by atoms with E-state index < -0.39 is 31.6 Å². The van der Waals surface area contributed by atoms with Crippen LogP contribution in [0, 0.1) is 0 Å². The molecular formula is C9H14F4OS. The molecule has 6 heteroatoms. The summed E-state index contributed by atoms with van der Waals surface area (Å²) < 4.78 is 50.2. The largest absolute Gasteiger partial charge is 0.288 e. The van der Waals surface area contributed by atoms with E-state index in [9.17, 15) is 22.4 Å². The monoisotopic (exact) mass is 246 g/mol. The predicted octanol–water partition coefficient (Wildman–Crippen LogP) is 3.03. The van der Waals surface area contributed by atoms with Gasteiger partial charge in [-0.15, -0.1) is 0 Å². The maximum absolute atomic E-state index is 13.0. The molecule has 0 aliphatic carbocycles. The molecule has 0 fully saturated rings. The maximum atomic E-state index is 13.0. The third-order valence-corrected chi connectivity index (χ3v) is 2.62. The lowest BCUT2D eigenvalue weighted by atomic mass is 10.1. The fraction of sp³-hybridized carbons (Fsp3) is 0.889. The molecule has 0 saturated heterocycles. The third-order valence-electron chi connectivity index (χ3n) is 1.77. The Kier molecular flexibility index (Phi) is 7.82. The summed E-state index contributed by atoms with van der Waals surface area (Å²) in [5.41, 5.74) is 0. The highest BCUT2D eigenvalue weighted by Gasteiger charge is 2.29. The SMILES string of the molecule is CC(=O)SCCC(F)C(F)C(F)CCF. The topological polar surface area (TPSA) is 17.1 Å². The molecular weight excluding hydrogens is 232 g/mol. The van der Waals surface area contributed by atoms with E-state index >= 15 is 0 Å². The van der Waals surface area contributed by atoms with Gasteiger partial charge in [-0.25, -0.2) is 13.2 Å². The van der Waals surface area contributed by atoms with Gasteiger partial charge in [0.15, 0.2) is 11.3 Å². The van der Waals surface area contributed by atoms with Gasteiger partial charge in [0.25, 0.3) is 0 Å². The lowest BCUT2D eigenvalue weighted by Crippen LogP contribution is -2.29. The Balaban J connectivity index is 3.77. The third kappa shape index (κ3) is 6.76. The fourth-order valence-corrected chi connectivity index (χ4v) is 1.59. The van der Waals surface area contributed by atoms with Gasteiger partial charge in [-0.1, -0.05) is 11.8 Å². The van der Waals surface area contributed by atoms with Crippen molar-refractivity contribution in [3.8, 4) is 0 Å². The molecule has 90 valence electrons. The number of hydrogen-bond acceptors (Lipinski definition) is 2. The quantitative estimate of drug-likeness (QED) is 0.642. The number of carbonyl (C=O) groups excluding carboxylic acids is 1. The first-order valence-electron chi connectivity index (χ1n) is 4.60. The molecule has 0 aliphatic rings. The van der Waals surface area contributed by atoms with Crippen molar-refractivity contribution < 1.29 is 22.4 Å². The van der Waals surface area contributed by atoms with Crippen molar-refractivity contribution in [3.05, 3.63) is 0 Å². The maximum Gasteiger partial charge on any atom is 0.185 e. The predicted molar refractivity (Wildman–Crippen MR) is 53.0 cm³/mol. The van der Waals surface area contributed by atoms with Crippen LogP contribution in [0.25, 0.3) is 0 Å². The van der Waals surface area contributed by atoms with Crippen molar-refractivity contribution in [2.45, 2.75) is 38.3 Å². The van der Waals surface area contributed by atoms with Gasteiger partial charge in [0.1, 0.15) is 12.3 Å². The molecule has 0 amide bonds. The standard InChI is InChI=1S/C9H14F4OS/c1-6(14)15-5-3-8(12)9(13)7(11)2-4-10/h7-9H,2-5H2,1H3. The van der Waals surface area contributed by atoms with Gasteiger partial charge in [0, 0.05) is 19.1 Å². The van der Waals surface area contributed by atoms with Gasteiger partial charge < -0.3 is 0 Å². The van der Waals surface area contributed by atoms with Crippen LogP contribution in [0.3, 0.4) is 0 Å². The van der Waals surface area contributed by atoms with Crippen molar-refractivity contribution in [1.82, 2.24) is 0 Å². The second-order valence-electron chi connectivity index (χ2n) is 3.08. The van der Waals surface area contributed by atoms with Crippen LogP contribution in [0.2, 0.25) is 0 Å². The highest BCUT2D eigenvalue weighted by molar-refractivity contribution is 8.13. The van der Waals surface area contributed by atoms with Crippen LogP contribution in [0.5, 0.6) is 0 Å². The Labute approximate surface area is 90.6 Å². The lowest BCUT2D eigenvalue weighted by Gasteiger charge is -2.16. The number of rotatable bonds is 7. The van der Waals surface area contributed by atoms with Gasteiger partial charge >= 0.3 is 0 Å². The van der Waals surface area contributed by atoms with Crippen LogP contribution in [0.4, 0.5) is 17.6 Å². The van der Waals surface area contributed by atoms with Gasteiger partial charge in [-0.3, -0.25) is 9.18 Å². The molecule has 3 unspecified atom stereocenters. The molecule has 0 heterocycles. The Morgan fingerprint density at radius 2 is 1.73 bits per heavy atom. The second-order valence-corrected chi connectivity index (χ2v) is 4.35. The Morgan fingerprint density at radius 1 is 1.20 bits per heavy atom. The minimum Gasteiger partial charge on any atom is -0.288 e. The number of carbonyl (C=O) groups is 1. The van der Waals surface area contributed by atoms with Crippen molar-refractivity contribution in [2.75, 3.05) is 12.4 Å². The average Bonchev–Trinajstić information content (AvgIpc) is 2.16. The summed E-state index contributed by atoms with van der Waals surface area (Å²) in [6.07, 6.45) is -7.24. The number of hydrogen-bond donors (Lipinski definition) is 0. The zero-order valence-corrected chi connectivity index (χ0v) is 9.21. The number of halogens is 4. The van der Waals surface area contributed by atoms with Crippen LogP contribution >= 0.6 is 11.8 Å². The molecule has 0 saturated carbocycles. The Hall–Kier alpha value is -0.260. The molecule has 0 aliphatic heterocycles. The Bertz CT molecular complexity index is 191. The zero-order chi connectivity index (χ0) is 11.8. The molecule has 0 rings (SSSR count). The van der Waals surface area contributed by atoms with E-state index in [1.54, 1.807) is 0 Å². The second kappa shape index (κ2) is 7.96. The number of alkyl halides is 4. The summed E-state index contributed by atoms with van der Waals surface area (Å²) >= 11 is 0.860. The first-order chi connectivity index (χ1) is 6.99. The van der Waals surface area contributed by atoms with Crippen LogP contribution in [0.15, 0.2) is 0 Å².